The first-order chi connectivity index (χ1) is 9.92. The second-order valence-corrected chi connectivity index (χ2v) is 7.64. The maximum Gasteiger partial charge on any atom is 0.270 e. The lowest BCUT2D eigenvalue weighted by atomic mass is 9.69. The van der Waals surface area contributed by atoms with Crippen LogP contribution >= 0.6 is 15.9 Å². The summed E-state index contributed by atoms with van der Waals surface area (Å²) in [6, 6.07) is 3.90. The summed E-state index contributed by atoms with van der Waals surface area (Å²) in [4.78, 5) is 16.3. The molecule has 21 heavy (non-hydrogen) atoms. The van der Waals surface area contributed by atoms with E-state index in [2.05, 4.69) is 47.0 Å². The molecule has 1 saturated carbocycles. The van der Waals surface area contributed by atoms with Crippen molar-refractivity contribution >= 4 is 21.8 Å². The van der Waals surface area contributed by atoms with E-state index in [1.807, 2.05) is 6.07 Å². The smallest absolute Gasteiger partial charge is 0.270 e. The monoisotopic (exact) mass is 352 g/mol. The maximum absolute atomic E-state index is 12.2. The van der Waals surface area contributed by atoms with Crippen LogP contribution in [0.4, 0.5) is 0 Å². The Morgan fingerprint density at radius 1 is 1.33 bits per heavy atom. The standard InChI is InChI=1S/C17H25BrN2O/c1-4-17(2,3)12-5-8-14(9-6-12)20-16(21)15-10-7-13(18)11-19-15/h7,10-12,14H,4-6,8-9H2,1-3H3,(H,20,21). The normalized spacial score (nSPS) is 22.9. The van der Waals surface area contributed by atoms with Gasteiger partial charge in [0, 0.05) is 16.7 Å². The molecule has 0 spiro atoms. The third-order valence-electron chi connectivity index (χ3n) is 5.04. The van der Waals surface area contributed by atoms with Crippen molar-refractivity contribution in [3.05, 3.63) is 28.5 Å². The van der Waals surface area contributed by atoms with Crippen LogP contribution in [0.5, 0.6) is 0 Å². The number of hydrogen-bond donors (Lipinski definition) is 1. The number of nitrogens with zero attached hydrogens (tertiary/aromatic N) is 1. The summed E-state index contributed by atoms with van der Waals surface area (Å²) in [7, 11) is 0. The Hall–Kier alpha value is -0.900. The molecule has 1 heterocycles. The number of hydrogen-bond acceptors (Lipinski definition) is 2. The molecule has 1 aliphatic rings. The Morgan fingerprint density at radius 3 is 2.52 bits per heavy atom. The molecule has 0 unspecified atom stereocenters. The van der Waals surface area contributed by atoms with Gasteiger partial charge in [-0.15, -0.1) is 0 Å². The molecule has 0 aliphatic heterocycles. The lowest BCUT2D eigenvalue weighted by Crippen LogP contribution is -2.40. The van der Waals surface area contributed by atoms with Crippen molar-refractivity contribution in [3.8, 4) is 0 Å². The fraction of sp³-hybridized carbons (Fsp3) is 0.647. The van der Waals surface area contributed by atoms with E-state index in [9.17, 15) is 4.79 Å². The Balaban J connectivity index is 1.86. The van der Waals surface area contributed by atoms with Gasteiger partial charge in [0.1, 0.15) is 5.69 Å². The van der Waals surface area contributed by atoms with Gasteiger partial charge in [-0.25, -0.2) is 4.98 Å². The van der Waals surface area contributed by atoms with Crippen LogP contribution in [0.25, 0.3) is 0 Å². The van der Waals surface area contributed by atoms with Crippen LogP contribution in [0.15, 0.2) is 22.8 Å². The third-order valence-corrected chi connectivity index (χ3v) is 5.51. The minimum Gasteiger partial charge on any atom is -0.348 e. The zero-order chi connectivity index (χ0) is 15.5. The molecule has 0 aromatic carbocycles. The number of carbonyl (C=O) groups is 1. The second-order valence-electron chi connectivity index (χ2n) is 6.73. The largest absolute Gasteiger partial charge is 0.348 e. The number of nitrogens with one attached hydrogen (secondary N) is 1. The van der Waals surface area contributed by atoms with Crippen molar-refractivity contribution in [2.45, 2.75) is 58.9 Å². The van der Waals surface area contributed by atoms with Crippen molar-refractivity contribution in [2.24, 2.45) is 11.3 Å². The van der Waals surface area contributed by atoms with Crippen molar-refractivity contribution in [1.82, 2.24) is 10.3 Å². The van der Waals surface area contributed by atoms with Crippen LogP contribution < -0.4 is 5.32 Å². The van der Waals surface area contributed by atoms with Gasteiger partial charge in [-0.05, 0) is 65.1 Å². The van der Waals surface area contributed by atoms with Gasteiger partial charge in [0.25, 0.3) is 5.91 Å². The van der Waals surface area contributed by atoms with Gasteiger partial charge in [0.2, 0.25) is 0 Å². The van der Waals surface area contributed by atoms with Gasteiger partial charge in [0.05, 0.1) is 0 Å². The van der Waals surface area contributed by atoms with Crippen LogP contribution in [0, 0.1) is 11.3 Å². The Kier molecular flexibility index (Phi) is 5.42. The van der Waals surface area contributed by atoms with Crippen molar-refractivity contribution < 1.29 is 4.79 Å². The maximum atomic E-state index is 12.2. The first kappa shape index (κ1) is 16.5. The van der Waals surface area contributed by atoms with E-state index >= 15 is 0 Å². The molecular formula is C17H25BrN2O. The molecule has 1 aromatic heterocycles. The average molecular weight is 353 g/mol. The molecule has 3 nitrogen and oxygen atoms in total. The molecular weight excluding hydrogens is 328 g/mol. The number of aromatic nitrogens is 1. The summed E-state index contributed by atoms with van der Waals surface area (Å²) in [6.45, 7) is 7.00. The van der Waals surface area contributed by atoms with Crippen molar-refractivity contribution in [2.75, 3.05) is 0 Å². The summed E-state index contributed by atoms with van der Waals surface area (Å²) in [6.07, 6.45) is 7.46. The minimum absolute atomic E-state index is 0.0549. The quantitative estimate of drug-likeness (QED) is 0.862. The zero-order valence-corrected chi connectivity index (χ0v) is 14.7. The highest BCUT2D eigenvalue weighted by Crippen LogP contribution is 2.40. The number of halogens is 1. The van der Waals surface area contributed by atoms with Gasteiger partial charge < -0.3 is 5.32 Å². The van der Waals surface area contributed by atoms with Crippen LogP contribution in [-0.2, 0) is 0 Å². The van der Waals surface area contributed by atoms with Crippen molar-refractivity contribution in [1.29, 1.82) is 0 Å². The molecule has 2 rings (SSSR count). The lowest BCUT2D eigenvalue weighted by Gasteiger charge is -2.39. The summed E-state index contributed by atoms with van der Waals surface area (Å²) in [5.74, 6) is 0.724. The topological polar surface area (TPSA) is 42.0 Å². The van der Waals surface area contributed by atoms with Crippen molar-refractivity contribution in [3.63, 3.8) is 0 Å². The van der Waals surface area contributed by atoms with E-state index in [0.717, 1.165) is 23.2 Å². The van der Waals surface area contributed by atoms with Gasteiger partial charge in [-0.1, -0.05) is 27.2 Å². The zero-order valence-electron chi connectivity index (χ0n) is 13.2. The highest BCUT2D eigenvalue weighted by atomic mass is 79.9. The highest BCUT2D eigenvalue weighted by molar-refractivity contribution is 9.10. The number of rotatable bonds is 4. The van der Waals surface area contributed by atoms with Gasteiger partial charge in [0.15, 0.2) is 0 Å². The number of amides is 1. The summed E-state index contributed by atoms with van der Waals surface area (Å²) < 4.78 is 0.890. The molecule has 0 saturated heterocycles. The molecule has 0 atom stereocenters. The van der Waals surface area contributed by atoms with Crippen LogP contribution in [0.2, 0.25) is 0 Å². The van der Waals surface area contributed by atoms with E-state index in [-0.39, 0.29) is 5.91 Å². The first-order valence-electron chi connectivity index (χ1n) is 7.85. The van der Waals surface area contributed by atoms with Crippen LogP contribution in [-0.4, -0.2) is 16.9 Å². The predicted octanol–water partition coefficient (Wildman–Crippen LogP) is 4.57. The molecule has 116 valence electrons. The third kappa shape index (κ3) is 4.29. The summed E-state index contributed by atoms with van der Waals surface area (Å²) in [5.41, 5.74) is 0.914. The summed E-state index contributed by atoms with van der Waals surface area (Å²) in [5, 5.41) is 3.13. The summed E-state index contributed by atoms with van der Waals surface area (Å²) >= 11 is 3.33. The molecule has 1 aliphatic carbocycles. The molecule has 0 radical (unpaired) electrons. The Bertz CT molecular complexity index is 476. The SMILES string of the molecule is CCC(C)(C)C1CCC(NC(=O)c2ccc(Br)cn2)CC1. The Labute approximate surface area is 136 Å². The van der Waals surface area contributed by atoms with E-state index in [1.54, 1.807) is 12.3 Å². The van der Waals surface area contributed by atoms with Gasteiger partial charge in [-0.3, -0.25) is 4.79 Å². The van der Waals surface area contributed by atoms with E-state index in [4.69, 9.17) is 0 Å². The minimum atomic E-state index is -0.0549. The molecule has 1 aromatic rings. The molecule has 1 amide bonds. The van der Waals surface area contributed by atoms with Crippen LogP contribution in [0.1, 0.15) is 63.4 Å². The lowest BCUT2D eigenvalue weighted by molar-refractivity contribution is 0.0888. The highest BCUT2D eigenvalue weighted by Gasteiger charge is 2.32. The fourth-order valence-corrected chi connectivity index (χ4v) is 3.31. The number of carbonyl (C=O) groups excluding carboxylic acids is 1. The van der Waals surface area contributed by atoms with Gasteiger partial charge in [-0.2, -0.15) is 0 Å². The predicted molar refractivity (Wildman–Crippen MR) is 89.2 cm³/mol. The molecule has 4 heteroatoms. The number of pyridine rings is 1. The second kappa shape index (κ2) is 6.91. The molecule has 0 bridgehead atoms. The van der Waals surface area contributed by atoms with Crippen LogP contribution in [0.3, 0.4) is 0 Å². The average Bonchev–Trinajstić information content (AvgIpc) is 2.48. The fourth-order valence-electron chi connectivity index (χ4n) is 3.08. The van der Waals surface area contributed by atoms with E-state index in [0.29, 0.717) is 17.2 Å². The Morgan fingerprint density at radius 2 is 2.00 bits per heavy atom. The van der Waals surface area contributed by atoms with E-state index in [1.165, 1.54) is 19.3 Å². The van der Waals surface area contributed by atoms with E-state index < -0.39 is 0 Å². The molecule has 1 fully saturated rings. The molecule has 1 N–H and O–H groups in total. The van der Waals surface area contributed by atoms with Gasteiger partial charge >= 0.3 is 0 Å². The first-order valence-corrected chi connectivity index (χ1v) is 8.64.